The van der Waals surface area contributed by atoms with Gasteiger partial charge in [-0.25, -0.2) is 0 Å². The molecule has 0 bridgehead atoms. The monoisotopic (exact) mass is 1240 g/mol. The third-order valence-electron chi connectivity index (χ3n) is 17.8. The number of nitrogens with one attached hydrogen (secondary N) is 1. The van der Waals surface area contributed by atoms with Crippen LogP contribution in [0.5, 0.6) is 0 Å². The molecule has 0 rings (SSSR count). The van der Waals surface area contributed by atoms with E-state index in [2.05, 4.69) is 67.8 Å². The van der Waals surface area contributed by atoms with Gasteiger partial charge in [0.05, 0.1) is 39.9 Å². The molecule has 0 saturated carbocycles. The summed E-state index contributed by atoms with van der Waals surface area (Å²) in [5, 5.41) is 14.1. The summed E-state index contributed by atoms with van der Waals surface area (Å²) < 4.78 is 23.6. The van der Waals surface area contributed by atoms with Crippen molar-refractivity contribution in [3.63, 3.8) is 0 Å². The fourth-order valence-electron chi connectivity index (χ4n) is 11.9. The molecule has 1 amide bonds. The molecule has 0 aliphatic carbocycles. The van der Waals surface area contributed by atoms with Gasteiger partial charge in [0.25, 0.3) is 7.82 Å². The van der Waals surface area contributed by atoms with Crippen molar-refractivity contribution in [1.29, 1.82) is 0 Å². The summed E-state index contributed by atoms with van der Waals surface area (Å²) in [5.74, 6) is -0.157. The Hall–Kier alpha value is -1.54. The van der Waals surface area contributed by atoms with Crippen molar-refractivity contribution in [3.8, 4) is 0 Å². The van der Waals surface area contributed by atoms with E-state index in [1.807, 2.05) is 21.1 Å². The molecule has 9 heteroatoms. The second kappa shape index (κ2) is 68.8. The standard InChI is InChI=1S/C78H151N2O6P/c1-6-8-10-12-14-16-18-20-22-24-26-28-30-32-34-36-38-40-42-44-46-48-50-52-54-56-58-60-62-64-66-68-70-72-78(82)79-76(75-86-87(83,84)85-74-73-80(3,4)5)77(81)71-69-67-65-63-61-59-57-55-53-51-49-47-45-43-41-39-37-35-33-31-29-27-25-23-21-19-17-15-13-11-9-7-2/h8,10,14,16,20,22,26,28,76-77,81H,6-7,9,11-13,15,17-19,21,23-25,27,29-75H2,1-5H3,(H-,79,82,83,84)/b10-8-,16-14-,22-20-,28-26-. The van der Waals surface area contributed by atoms with Crippen molar-refractivity contribution in [1.82, 2.24) is 5.32 Å². The Kier molecular flexibility index (Phi) is 67.6. The van der Waals surface area contributed by atoms with Gasteiger partial charge >= 0.3 is 0 Å². The first kappa shape index (κ1) is 85.5. The highest BCUT2D eigenvalue weighted by Crippen LogP contribution is 2.38. The molecule has 0 aromatic carbocycles. The zero-order chi connectivity index (χ0) is 63.4. The fraction of sp³-hybridized carbons (Fsp3) is 0.885. The van der Waals surface area contributed by atoms with Crippen molar-refractivity contribution in [2.75, 3.05) is 40.9 Å². The molecule has 0 spiro atoms. The van der Waals surface area contributed by atoms with E-state index in [-0.39, 0.29) is 19.1 Å². The number of carbonyl (C=O) groups is 1. The van der Waals surface area contributed by atoms with Crippen molar-refractivity contribution in [2.45, 2.75) is 405 Å². The fourth-order valence-corrected chi connectivity index (χ4v) is 12.6. The maximum atomic E-state index is 13.1. The number of rotatable bonds is 72. The molecule has 0 aromatic heterocycles. The largest absolute Gasteiger partial charge is 0.756 e. The van der Waals surface area contributed by atoms with Crippen LogP contribution in [0.2, 0.25) is 0 Å². The third-order valence-corrected chi connectivity index (χ3v) is 18.8. The Bertz CT molecular complexity index is 1560. The molecule has 0 aliphatic heterocycles. The van der Waals surface area contributed by atoms with E-state index in [1.54, 1.807) is 0 Å². The molecule has 0 heterocycles. The van der Waals surface area contributed by atoms with E-state index < -0.39 is 20.0 Å². The summed E-state index contributed by atoms with van der Waals surface area (Å²) >= 11 is 0. The van der Waals surface area contributed by atoms with E-state index in [4.69, 9.17) is 9.05 Å². The lowest BCUT2D eigenvalue weighted by molar-refractivity contribution is -0.870. The van der Waals surface area contributed by atoms with Crippen LogP contribution in [0.4, 0.5) is 0 Å². The van der Waals surface area contributed by atoms with Gasteiger partial charge in [0.2, 0.25) is 5.91 Å². The molecule has 0 saturated heterocycles. The Balaban J connectivity index is 3.94. The summed E-state index contributed by atoms with van der Waals surface area (Å²) in [4.78, 5) is 25.7. The van der Waals surface area contributed by atoms with E-state index >= 15 is 0 Å². The lowest BCUT2D eigenvalue weighted by Crippen LogP contribution is -2.46. The van der Waals surface area contributed by atoms with Gasteiger partial charge in [0, 0.05) is 6.42 Å². The van der Waals surface area contributed by atoms with Gasteiger partial charge in [-0.2, -0.15) is 0 Å². The quantitative estimate of drug-likeness (QED) is 0.0272. The Morgan fingerprint density at radius 3 is 1.02 bits per heavy atom. The lowest BCUT2D eigenvalue weighted by atomic mass is 10.0. The minimum absolute atomic E-state index is 0.0140. The summed E-state index contributed by atoms with van der Waals surface area (Å²) in [6.07, 6.45) is 93.6. The van der Waals surface area contributed by atoms with Crippen LogP contribution in [0.1, 0.15) is 393 Å². The van der Waals surface area contributed by atoms with Gasteiger partial charge in [-0.15, -0.1) is 0 Å². The van der Waals surface area contributed by atoms with E-state index in [0.717, 1.165) is 64.2 Å². The second-order valence-corrected chi connectivity index (χ2v) is 29.1. The first-order valence-electron chi connectivity index (χ1n) is 38.5. The zero-order valence-corrected chi connectivity index (χ0v) is 59.9. The lowest BCUT2D eigenvalue weighted by Gasteiger charge is -2.30. The number of quaternary nitrogens is 1. The molecule has 87 heavy (non-hydrogen) atoms. The van der Waals surface area contributed by atoms with Crippen LogP contribution in [-0.2, 0) is 18.4 Å². The average molecular weight is 1240 g/mol. The molecule has 2 N–H and O–H groups in total. The van der Waals surface area contributed by atoms with Crippen LogP contribution in [0.25, 0.3) is 0 Å². The molecular formula is C78H151N2O6P. The van der Waals surface area contributed by atoms with Crippen LogP contribution in [0.3, 0.4) is 0 Å². The van der Waals surface area contributed by atoms with Gasteiger partial charge < -0.3 is 28.8 Å². The zero-order valence-electron chi connectivity index (χ0n) is 59.0. The number of carbonyl (C=O) groups excluding carboxylic acids is 1. The van der Waals surface area contributed by atoms with Crippen LogP contribution < -0.4 is 10.2 Å². The highest BCUT2D eigenvalue weighted by atomic mass is 31.2. The number of allylic oxidation sites excluding steroid dienone is 8. The van der Waals surface area contributed by atoms with Crippen LogP contribution in [-0.4, -0.2) is 68.5 Å². The van der Waals surface area contributed by atoms with Crippen LogP contribution >= 0.6 is 7.82 Å². The van der Waals surface area contributed by atoms with E-state index in [1.165, 1.54) is 302 Å². The SMILES string of the molecule is CC/C=C\C/C=C\C/C=C\C/C=C\CCCCCCCCCCCCCCCCCCCCCCC(=O)NC(COP(=O)([O-])OCC[N+](C)(C)C)C(O)CCCCCCCCCCCCCCCCCCCCCCCCCCCCCCCCCC. The summed E-state index contributed by atoms with van der Waals surface area (Å²) in [7, 11) is 1.32. The number of nitrogens with zero attached hydrogens (tertiary/aromatic N) is 1. The maximum absolute atomic E-state index is 13.1. The molecule has 0 fully saturated rings. The predicted octanol–water partition coefficient (Wildman–Crippen LogP) is 24.3. The van der Waals surface area contributed by atoms with Crippen molar-refractivity contribution in [2.24, 2.45) is 0 Å². The van der Waals surface area contributed by atoms with E-state index in [9.17, 15) is 19.4 Å². The Morgan fingerprint density at radius 1 is 0.414 bits per heavy atom. The third kappa shape index (κ3) is 71.8. The normalized spacial score (nSPS) is 13.8. The van der Waals surface area contributed by atoms with Crippen molar-refractivity contribution >= 4 is 13.7 Å². The topological polar surface area (TPSA) is 108 Å². The average Bonchev–Trinajstić information content (AvgIpc) is 3.71. The number of phosphoric ester groups is 1. The molecule has 3 atom stereocenters. The first-order chi connectivity index (χ1) is 42.5. The van der Waals surface area contributed by atoms with Crippen LogP contribution in [0.15, 0.2) is 48.6 Å². The number of hydrogen-bond donors (Lipinski definition) is 2. The minimum Gasteiger partial charge on any atom is -0.756 e. The van der Waals surface area contributed by atoms with Crippen molar-refractivity contribution in [3.05, 3.63) is 48.6 Å². The number of likely N-dealkylation sites (N-methyl/N-ethyl adjacent to an activating group) is 1. The number of unbranched alkanes of at least 4 members (excludes halogenated alkanes) is 51. The Labute approximate surface area is 543 Å². The highest BCUT2D eigenvalue weighted by molar-refractivity contribution is 7.45. The number of phosphoric acid groups is 1. The molecular weight excluding hydrogens is 1090 g/mol. The number of amides is 1. The summed E-state index contributed by atoms with van der Waals surface area (Å²) in [6.45, 7) is 4.67. The molecule has 3 unspecified atom stereocenters. The van der Waals surface area contributed by atoms with Gasteiger partial charge in [0.1, 0.15) is 13.2 Å². The predicted molar refractivity (Wildman–Crippen MR) is 381 cm³/mol. The molecule has 0 radical (unpaired) electrons. The highest BCUT2D eigenvalue weighted by Gasteiger charge is 2.24. The van der Waals surface area contributed by atoms with Crippen molar-refractivity contribution < 1.29 is 32.9 Å². The molecule has 0 aromatic rings. The smallest absolute Gasteiger partial charge is 0.268 e. The number of hydrogen-bond acceptors (Lipinski definition) is 6. The van der Waals surface area contributed by atoms with Gasteiger partial charge in [-0.1, -0.05) is 383 Å². The molecule has 0 aliphatic rings. The van der Waals surface area contributed by atoms with E-state index in [0.29, 0.717) is 23.9 Å². The summed E-state index contributed by atoms with van der Waals surface area (Å²) in [6, 6.07) is -0.802. The van der Waals surface area contributed by atoms with Gasteiger partial charge in [-0.05, 0) is 51.4 Å². The number of aliphatic hydroxyl groups excluding tert-OH is 1. The first-order valence-corrected chi connectivity index (χ1v) is 39.9. The van der Waals surface area contributed by atoms with Crippen LogP contribution in [0, 0.1) is 0 Å². The molecule has 514 valence electrons. The number of aliphatic hydroxyl groups is 1. The minimum atomic E-state index is -4.58. The van der Waals surface area contributed by atoms with Gasteiger partial charge in [0.15, 0.2) is 0 Å². The Morgan fingerprint density at radius 2 is 0.701 bits per heavy atom. The second-order valence-electron chi connectivity index (χ2n) is 27.7. The van der Waals surface area contributed by atoms with Gasteiger partial charge in [-0.3, -0.25) is 9.36 Å². The molecule has 8 nitrogen and oxygen atoms in total. The maximum Gasteiger partial charge on any atom is 0.268 e. The summed E-state index contributed by atoms with van der Waals surface area (Å²) in [5.41, 5.74) is 0.